The maximum atomic E-state index is 12.7. The van der Waals surface area contributed by atoms with Crippen LogP contribution in [0.1, 0.15) is 35.3 Å². The number of anilines is 2. The summed E-state index contributed by atoms with van der Waals surface area (Å²) in [5, 5.41) is 5.21. The van der Waals surface area contributed by atoms with Gasteiger partial charge in [0.05, 0.1) is 21.4 Å². The van der Waals surface area contributed by atoms with E-state index in [-0.39, 0.29) is 11.9 Å². The molecule has 0 radical (unpaired) electrons. The number of thiazole rings is 1. The van der Waals surface area contributed by atoms with Crippen molar-refractivity contribution in [2.75, 3.05) is 17.7 Å². The van der Waals surface area contributed by atoms with Gasteiger partial charge in [-0.25, -0.2) is 9.67 Å². The number of carbonyl (C=O) groups excluding carboxylic acids is 1. The first-order chi connectivity index (χ1) is 10.9. The van der Waals surface area contributed by atoms with Gasteiger partial charge < -0.3 is 10.6 Å². The van der Waals surface area contributed by atoms with E-state index in [0.717, 1.165) is 20.9 Å². The molecule has 2 heterocycles. The fourth-order valence-corrected chi connectivity index (χ4v) is 3.34. The minimum Gasteiger partial charge on any atom is -0.383 e. The highest BCUT2D eigenvalue weighted by atomic mass is 32.1. The normalized spacial score (nSPS) is 11.3. The zero-order chi connectivity index (χ0) is 16.7. The summed E-state index contributed by atoms with van der Waals surface area (Å²) >= 11 is 1.61. The lowest BCUT2D eigenvalue weighted by Crippen LogP contribution is -2.26. The third-order valence-corrected chi connectivity index (χ3v) is 4.66. The second-order valence-corrected chi connectivity index (χ2v) is 6.97. The first-order valence-electron chi connectivity index (χ1n) is 7.36. The average molecular weight is 329 g/mol. The monoisotopic (exact) mass is 329 g/mol. The highest BCUT2D eigenvalue weighted by Crippen LogP contribution is 2.27. The molecule has 2 aromatic heterocycles. The zero-order valence-corrected chi connectivity index (χ0v) is 14.4. The third-order valence-electron chi connectivity index (χ3n) is 3.72. The molecule has 0 aliphatic heterocycles. The molecule has 6 nitrogen and oxygen atoms in total. The molecule has 120 valence electrons. The van der Waals surface area contributed by atoms with Gasteiger partial charge in [-0.1, -0.05) is 0 Å². The number of hydrogen-bond donors (Lipinski definition) is 1. The van der Waals surface area contributed by atoms with Crippen LogP contribution in [-0.4, -0.2) is 27.7 Å². The van der Waals surface area contributed by atoms with Crippen molar-refractivity contribution in [3.05, 3.63) is 35.0 Å². The number of carbonyl (C=O) groups is 1. The van der Waals surface area contributed by atoms with Crippen molar-refractivity contribution in [1.29, 1.82) is 0 Å². The van der Waals surface area contributed by atoms with E-state index in [2.05, 4.69) is 10.1 Å². The molecule has 2 N–H and O–H groups in total. The Bertz CT molecular complexity index is 880. The molecule has 1 amide bonds. The number of rotatable bonds is 3. The highest BCUT2D eigenvalue weighted by Gasteiger charge is 2.21. The number of aromatic nitrogens is 3. The molecule has 3 rings (SSSR count). The minimum absolute atomic E-state index is 0.110. The van der Waals surface area contributed by atoms with Crippen molar-refractivity contribution in [2.24, 2.45) is 0 Å². The van der Waals surface area contributed by atoms with Crippen LogP contribution >= 0.6 is 11.3 Å². The number of amides is 1. The van der Waals surface area contributed by atoms with Gasteiger partial charge in [-0.15, -0.1) is 11.3 Å². The smallest absolute Gasteiger partial charge is 0.263 e. The first-order valence-corrected chi connectivity index (χ1v) is 8.18. The molecule has 0 aliphatic rings. The van der Waals surface area contributed by atoms with Gasteiger partial charge in [0.1, 0.15) is 11.4 Å². The van der Waals surface area contributed by atoms with Crippen LogP contribution in [0.5, 0.6) is 0 Å². The third kappa shape index (κ3) is 2.68. The predicted molar refractivity (Wildman–Crippen MR) is 94.1 cm³/mol. The van der Waals surface area contributed by atoms with Crippen LogP contribution < -0.4 is 10.6 Å². The minimum atomic E-state index is -0.171. The Labute approximate surface area is 138 Å². The quantitative estimate of drug-likeness (QED) is 0.800. The Morgan fingerprint density at radius 2 is 2.13 bits per heavy atom. The first kappa shape index (κ1) is 15.5. The summed E-state index contributed by atoms with van der Waals surface area (Å²) in [5.41, 5.74) is 8.23. The summed E-state index contributed by atoms with van der Waals surface area (Å²) in [6, 6.07) is 5.90. The van der Waals surface area contributed by atoms with Gasteiger partial charge in [0, 0.05) is 18.8 Å². The summed E-state index contributed by atoms with van der Waals surface area (Å²) in [7, 11) is 1.74. The number of nitrogens with zero attached hydrogens (tertiary/aromatic N) is 4. The standard InChI is InChI=1S/C16H19N5OS/c1-9(2)21-15(17)12(8-18-21)16(22)20(4)11-5-6-13-14(7-11)23-10(3)19-13/h5-9H,17H2,1-4H3. The van der Waals surface area contributed by atoms with Crippen molar-refractivity contribution in [3.63, 3.8) is 0 Å². The van der Waals surface area contributed by atoms with Crippen LogP contribution in [-0.2, 0) is 0 Å². The molecule has 0 saturated carbocycles. The van der Waals surface area contributed by atoms with E-state index < -0.39 is 0 Å². The molecule has 7 heteroatoms. The van der Waals surface area contributed by atoms with E-state index in [9.17, 15) is 4.79 Å². The van der Waals surface area contributed by atoms with E-state index in [0.29, 0.717) is 11.4 Å². The lowest BCUT2D eigenvalue weighted by molar-refractivity contribution is 0.0994. The van der Waals surface area contributed by atoms with Crippen LogP contribution in [0.4, 0.5) is 11.5 Å². The van der Waals surface area contributed by atoms with Gasteiger partial charge in [-0.05, 0) is 39.0 Å². The summed E-state index contributed by atoms with van der Waals surface area (Å²) in [5.74, 6) is 0.224. The fraction of sp³-hybridized carbons (Fsp3) is 0.312. The van der Waals surface area contributed by atoms with Crippen LogP contribution in [0.2, 0.25) is 0 Å². The fourth-order valence-electron chi connectivity index (χ4n) is 2.48. The number of hydrogen-bond acceptors (Lipinski definition) is 5. The second-order valence-electron chi connectivity index (χ2n) is 5.73. The molecular weight excluding hydrogens is 310 g/mol. The van der Waals surface area contributed by atoms with Gasteiger partial charge in [0.25, 0.3) is 5.91 Å². The number of nitrogen functional groups attached to an aromatic ring is 1. The van der Waals surface area contributed by atoms with Crippen molar-refractivity contribution in [3.8, 4) is 0 Å². The molecule has 23 heavy (non-hydrogen) atoms. The number of benzene rings is 1. The largest absolute Gasteiger partial charge is 0.383 e. The predicted octanol–water partition coefficient (Wildman–Crippen LogP) is 3.24. The molecule has 0 bridgehead atoms. The van der Waals surface area contributed by atoms with Gasteiger partial charge >= 0.3 is 0 Å². The summed E-state index contributed by atoms with van der Waals surface area (Å²) in [6.45, 7) is 5.92. The summed E-state index contributed by atoms with van der Waals surface area (Å²) in [4.78, 5) is 18.7. The van der Waals surface area contributed by atoms with Crippen LogP contribution in [0.15, 0.2) is 24.4 Å². The molecule has 0 spiro atoms. The van der Waals surface area contributed by atoms with Crippen LogP contribution in [0.3, 0.4) is 0 Å². The van der Waals surface area contributed by atoms with Gasteiger partial charge in [-0.3, -0.25) is 4.79 Å². The van der Waals surface area contributed by atoms with E-state index in [1.165, 1.54) is 6.20 Å². The number of nitrogens with two attached hydrogens (primary N) is 1. The van der Waals surface area contributed by atoms with Crippen LogP contribution in [0, 0.1) is 6.92 Å². The molecular formula is C16H19N5OS. The van der Waals surface area contributed by atoms with Crippen LogP contribution in [0.25, 0.3) is 10.2 Å². The van der Waals surface area contributed by atoms with E-state index in [1.54, 1.807) is 28.0 Å². The van der Waals surface area contributed by atoms with Crippen molar-refractivity contribution in [1.82, 2.24) is 14.8 Å². The Morgan fingerprint density at radius 1 is 1.39 bits per heavy atom. The van der Waals surface area contributed by atoms with E-state index >= 15 is 0 Å². The van der Waals surface area contributed by atoms with Gasteiger partial charge in [0.15, 0.2) is 0 Å². The van der Waals surface area contributed by atoms with Crippen molar-refractivity contribution < 1.29 is 4.79 Å². The Morgan fingerprint density at radius 3 is 2.78 bits per heavy atom. The molecule has 0 saturated heterocycles. The highest BCUT2D eigenvalue weighted by molar-refractivity contribution is 7.18. The summed E-state index contributed by atoms with van der Waals surface area (Å²) in [6.07, 6.45) is 1.53. The Balaban J connectivity index is 1.94. The summed E-state index contributed by atoms with van der Waals surface area (Å²) < 4.78 is 2.71. The lowest BCUT2D eigenvalue weighted by atomic mass is 10.2. The molecule has 1 aromatic carbocycles. The topological polar surface area (TPSA) is 77.0 Å². The maximum Gasteiger partial charge on any atom is 0.263 e. The number of fused-ring (bicyclic) bond motifs is 1. The second kappa shape index (κ2) is 5.66. The average Bonchev–Trinajstić information content (AvgIpc) is 3.06. The number of aryl methyl sites for hydroxylation is 1. The Hall–Kier alpha value is -2.41. The maximum absolute atomic E-state index is 12.7. The molecule has 0 aliphatic carbocycles. The zero-order valence-electron chi connectivity index (χ0n) is 13.6. The van der Waals surface area contributed by atoms with Gasteiger partial charge in [0.2, 0.25) is 0 Å². The van der Waals surface area contributed by atoms with Gasteiger partial charge in [-0.2, -0.15) is 5.10 Å². The van der Waals surface area contributed by atoms with Crippen molar-refractivity contribution >= 4 is 39.0 Å². The molecule has 3 aromatic rings. The van der Waals surface area contributed by atoms with E-state index in [1.807, 2.05) is 39.0 Å². The molecule has 0 atom stereocenters. The van der Waals surface area contributed by atoms with E-state index in [4.69, 9.17) is 5.73 Å². The lowest BCUT2D eigenvalue weighted by Gasteiger charge is -2.17. The molecule has 0 unspecified atom stereocenters. The van der Waals surface area contributed by atoms with Crippen molar-refractivity contribution in [2.45, 2.75) is 26.8 Å². The molecule has 0 fully saturated rings. The SMILES string of the molecule is Cc1nc2ccc(N(C)C(=O)c3cnn(C(C)C)c3N)cc2s1. The Kier molecular flexibility index (Phi) is 3.81.